The van der Waals surface area contributed by atoms with Crippen LogP contribution >= 0.6 is 11.8 Å². The lowest BCUT2D eigenvalue weighted by Crippen LogP contribution is -2.36. The van der Waals surface area contributed by atoms with Crippen LogP contribution < -0.4 is 5.56 Å². The largest absolute Gasteiger partial charge is 0.342 e. The van der Waals surface area contributed by atoms with Gasteiger partial charge in [-0.1, -0.05) is 37.7 Å². The molecule has 26 heavy (non-hydrogen) atoms. The molecule has 1 unspecified atom stereocenters. The Morgan fingerprint density at radius 2 is 1.85 bits per heavy atom. The minimum absolute atomic E-state index is 0.0266. The van der Waals surface area contributed by atoms with Gasteiger partial charge < -0.3 is 4.90 Å². The lowest BCUT2D eigenvalue weighted by molar-refractivity contribution is -0.129. The molecule has 1 heterocycles. The van der Waals surface area contributed by atoms with E-state index in [1.54, 1.807) is 4.57 Å². The highest BCUT2D eigenvalue weighted by Crippen LogP contribution is 2.24. The van der Waals surface area contributed by atoms with E-state index in [4.69, 9.17) is 4.98 Å². The Morgan fingerprint density at radius 1 is 1.19 bits per heavy atom. The second kappa shape index (κ2) is 9.21. The Balaban J connectivity index is 2.42. The number of amides is 1. The van der Waals surface area contributed by atoms with Gasteiger partial charge in [-0.15, -0.1) is 0 Å². The van der Waals surface area contributed by atoms with Gasteiger partial charge in [-0.3, -0.25) is 14.2 Å². The van der Waals surface area contributed by atoms with Gasteiger partial charge >= 0.3 is 0 Å². The second-order valence-corrected chi connectivity index (χ2v) is 8.13. The smallest absolute Gasteiger partial charge is 0.262 e. The lowest BCUT2D eigenvalue weighted by atomic mass is 10.1. The number of thioether (sulfide) groups is 1. The maximum Gasteiger partial charge on any atom is 0.262 e. The first-order valence-electron chi connectivity index (χ1n) is 9.34. The van der Waals surface area contributed by atoms with Crippen molar-refractivity contribution in [1.82, 2.24) is 14.5 Å². The average molecular weight is 376 g/mol. The molecule has 0 fully saturated rings. The second-order valence-electron chi connectivity index (χ2n) is 6.82. The van der Waals surface area contributed by atoms with Crippen LogP contribution in [0.25, 0.3) is 10.9 Å². The van der Waals surface area contributed by atoms with Gasteiger partial charge in [0, 0.05) is 19.6 Å². The van der Waals surface area contributed by atoms with Crippen molar-refractivity contribution in [3.05, 3.63) is 34.6 Å². The van der Waals surface area contributed by atoms with E-state index in [1.807, 2.05) is 49.9 Å². The fourth-order valence-corrected chi connectivity index (χ4v) is 3.84. The van der Waals surface area contributed by atoms with Crippen LogP contribution in [0.5, 0.6) is 0 Å². The van der Waals surface area contributed by atoms with Crippen LogP contribution in [-0.4, -0.2) is 38.7 Å². The molecule has 1 amide bonds. The van der Waals surface area contributed by atoms with E-state index in [0.29, 0.717) is 41.6 Å². The predicted octanol–water partition coefficient (Wildman–Crippen LogP) is 3.79. The first-order valence-corrected chi connectivity index (χ1v) is 10.2. The van der Waals surface area contributed by atoms with Crippen molar-refractivity contribution in [2.24, 2.45) is 5.92 Å². The molecule has 0 saturated heterocycles. The molecule has 2 aromatic rings. The number of para-hydroxylation sites is 1. The number of aromatic nitrogens is 2. The van der Waals surface area contributed by atoms with Crippen LogP contribution in [0.4, 0.5) is 0 Å². The molecular formula is C20H29N3O2S. The topological polar surface area (TPSA) is 55.2 Å². The van der Waals surface area contributed by atoms with Crippen LogP contribution in [0.1, 0.15) is 41.0 Å². The van der Waals surface area contributed by atoms with Crippen LogP contribution in [0.15, 0.2) is 34.2 Å². The molecule has 0 saturated carbocycles. The summed E-state index contributed by atoms with van der Waals surface area (Å²) in [7, 11) is 0. The molecule has 0 radical (unpaired) electrons. The van der Waals surface area contributed by atoms with Crippen molar-refractivity contribution in [3.63, 3.8) is 0 Å². The Hall–Kier alpha value is -1.82. The zero-order chi connectivity index (χ0) is 19.3. The standard InChI is InChI=1S/C20H29N3O2S/c1-6-22(7-2)18(24)15(5)26-20-21-17-11-9-8-10-16(17)19(25)23(20)13-12-14(3)4/h8-11,14-15H,6-7,12-13H2,1-5H3. The summed E-state index contributed by atoms with van der Waals surface area (Å²) in [5, 5.41) is 0.971. The maximum absolute atomic E-state index is 13.0. The van der Waals surface area contributed by atoms with Crippen LogP contribution in [-0.2, 0) is 11.3 Å². The number of rotatable bonds is 8. The fourth-order valence-electron chi connectivity index (χ4n) is 2.82. The van der Waals surface area contributed by atoms with E-state index >= 15 is 0 Å². The highest BCUT2D eigenvalue weighted by atomic mass is 32.2. The van der Waals surface area contributed by atoms with E-state index < -0.39 is 0 Å². The third-order valence-electron chi connectivity index (χ3n) is 4.46. The normalized spacial score (nSPS) is 12.5. The first kappa shape index (κ1) is 20.5. The molecule has 142 valence electrons. The van der Waals surface area contributed by atoms with E-state index in [2.05, 4.69) is 13.8 Å². The molecule has 1 aromatic carbocycles. The number of hydrogen-bond donors (Lipinski definition) is 0. The molecule has 0 N–H and O–H groups in total. The molecule has 0 aliphatic heterocycles. The Morgan fingerprint density at radius 3 is 2.46 bits per heavy atom. The van der Waals surface area contributed by atoms with Gasteiger partial charge in [0.25, 0.3) is 5.56 Å². The van der Waals surface area contributed by atoms with Gasteiger partial charge in [-0.2, -0.15) is 0 Å². The molecule has 2 rings (SSSR count). The summed E-state index contributed by atoms with van der Waals surface area (Å²) < 4.78 is 1.74. The fraction of sp³-hybridized carbons (Fsp3) is 0.550. The molecular weight excluding hydrogens is 346 g/mol. The predicted molar refractivity (Wildman–Crippen MR) is 109 cm³/mol. The van der Waals surface area contributed by atoms with E-state index in [-0.39, 0.29) is 16.7 Å². The highest BCUT2D eigenvalue weighted by Gasteiger charge is 2.22. The zero-order valence-corrected chi connectivity index (χ0v) is 17.2. The number of fused-ring (bicyclic) bond motifs is 1. The van der Waals surface area contributed by atoms with Crippen LogP contribution in [0.3, 0.4) is 0 Å². The Bertz CT molecular complexity index is 812. The van der Waals surface area contributed by atoms with E-state index in [0.717, 1.165) is 6.42 Å². The van der Waals surface area contributed by atoms with Crippen molar-refractivity contribution in [1.29, 1.82) is 0 Å². The summed E-state index contributed by atoms with van der Waals surface area (Å²) in [6, 6.07) is 7.41. The van der Waals surface area contributed by atoms with Crippen molar-refractivity contribution < 1.29 is 4.79 Å². The lowest BCUT2D eigenvalue weighted by Gasteiger charge is -2.23. The Labute approximate surface area is 159 Å². The van der Waals surface area contributed by atoms with Crippen molar-refractivity contribution in [2.75, 3.05) is 13.1 Å². The summed E-state index contributed by atoms with van der Waals surface area (Å²) in [6.07, 6.45) is 0.895. The number of hydrogen-bond acceptors (Lipinski definition) is 4. The molecule has 0 bridgehead atoms. The van der Waals surface area contributed by atoms with Gasteiger partial charge in [0.05, 0.1) is 16.2 Å². The minimum Gasteiger partial charge on any atom is -0.342 e. The third-order valence-corrected chi connectivity index (χ3v) is 5.54. The SMILES string of the molecule is CCN(CC)C(=O)C(C)Sc1nc2ccccc2c(=O)n1CCC(C)C. The molecule has 0 aliphatic rings. The van der Waals surface area contributed by atoms with E-state index in [1.165, 1.54) is 11.8 Å². The quantitative estimate of drug-likeness (QED) is 0.520. The summed E-state index contributed by atoms with van der Waals surface area (Å²) in [6.45, 7) is 12.1. The number of carbonyl (C=O) groups is 1. The summed E-state index contributed by atoms with van der Waals surface area (Å²) >= 11 is 1.38. The van der Waals surface area contributed by atoms with Crippen LogP contribution in [0.2, 0.25) is 0 Å². The third kappa shape index (κ3) is 4.67. The van der Waals surface area contributed by atoms with Crippen molar-refractivity contribution in [3.8, 4) is 0 Å². The molecule has 0 spiro atoms. The highest BCUT2D eigenvalue weighted by molar-refractivity contribution is 8.00. The van der Waals surface area contributed by atoms with Gasteiger partial charge in [-0.05, 0) is 45.2 Å². The summed E-state index contributed by atoms with van der Waals surface area (Å²) in [4.78, 5) is 32.1. The monoisotopic (exact) mass is 375 g/mol. The van der Waals surface area contributed by atoms with Crippen LogP contribution in [0, 0.1) is 5.92 Å². The Kier molecular flexibility index (Phi) is 7.26. The number of carbonyl (C=O) groups excluding carboxylic acids is 1. The zero-order valence-electron chi connectivity index (χ0n) is 16.4. The van der Waals surface area contributed by atoms with E-state index in [9.17, 15) is 9.59 Å². The first-order chi connectivity index (χ1) is 12.4. The molecule has 5 nitrogen and oxygen atoms in total. The van der Waals surface area contributed by atoms with Crippen molar-refractivity contribution >= 4 is 28.6 Å². The van der Waals surface area contributed by atoms with Gasteiger partial charge in [0.2, 0.25) is 5.91 Å². The number of nitrogens with zero attached hydrogens (tertiary/aromatic N) is 3. The number of benzene rings is 1. The summed E-state index contributed by atoms with van der Waals surface area (Å²) in [5.74, 6) is 0.568. The molecule has 6 heteroatoms. The van der Waals surface area contributed by atoms with Crippen molar-refractivity contribution in [2.45, 2.75) is 58.0 Å². The average Bonchev–Trinajstić information content (AvgIpc) is 2.62. The van der Waals surface area contributed by atoms with Gasteiger partial charge in [0.1, 0.15) is 0 Å². The van der Waals surface area contributed by atoms with Gasteiger partial charge in [-0.25, -0.2) is 4.98 Å². The minimum atomic E-state index is -0.284. The summed E-state index contributed by atoms with van der Waals surface area (Å²) in [5.41, 5.74) is 0.657. The van der Waals surface area contributed by atoms with Gasteiger partial charge in [0.15, 0.2) is 5.16 Å². The molecule has 1 aromatic heterocycles. The molecule has 1 atom stereocenters. The maximum atomic E-state index is 13.0. The molecule has 0 aliphatic carbocycles.